The van der Waals surface area contributed by atoms with Gasteiger partial charge >= 0.3 is 0 Å². The van der Waals surface area contributed by atoms with Crippen molar-refractivity contribution in [3.05, 3.63) is 51.3 Å². The first-order valence-corrected chi connectivity index (χ1v) is 6.10. The van der Waals surface area contributed by atoms with Crippen LogP contribution < -0.4 is 5.73 Å². The van der Waals surface area contributed by atoms with Crippen LogP contribution in [0, 0.1) is 18.6 Å². The van der Waals surface area contributed by atoms with Gasteiger partial charge in [0.25, 0.3) is 0 Å². The van der Waals surface area contributed by atoms with Crippen LogP contribution in [0.4, 0.5) is 8.78 Å². The van der Waals surface area contributed by atoms with Crippen LogP contribution in [0.1, 0.15) is 22.9 Å². The molecular weight excluding hydrogens is 304 g/mol. The van der Waals surface area contributed by atoms with Crippen molar-refractivity contribution in [2.75, 3.05) is 0 Å². The van der Waals surface area contributed by atoms with Crippen molar-refractivity contribution >= 4 is 15.9 Å². The van der Waals surface area contributed by atoms with Gasteiger partial charge in [0.1, 0.15) is 11.6 Å². The molecular formula is C12H12BrF2N3. The van der Waals surface area contributed by atoms with E-state index >= 15 is 0 Å². The summed E-state index contributed by atoms with van der Waals surface area (Å²) in [5, 5.41) is 4.02. The molecule has 0 spiro atoms. The molecule has 0 saturated heterocycles. The molecule has 1 heterocycles. The van der Waals surface area contributed by atoms with Gasteiger partial charge in [0.2, 0.25) is 0 Å². The van der Waals surface area contributed by atoms with Crippen LogP contribution in [0.2, 0.25) is 0 Å². The van der Waals surface area contributed by atoms with E-state index in [1.807, 2.05) is 0 Å². The number of aromatic nitrogens is 2. The predicted octanol–water partition coefficient (Wildman–Crippen LogP) is 2.82. The maximum atomic E-state index is 13.9. The van der Waals surface area contributed by atoms with Crippen LogP contribution in [0.25, 0.3) is 0 Å². The van der Waals surface area contributed by atoms with E-state index in [-0.39, 0.29) is 10.0 Å². The summed E-state index contributed by atoms with van der Waals surface area (Å²) in [6.07, 6.45) is 1.53. The third-order valence-corrected chi connectivity index (χ3v) is 3.61. The Balaban J connectivity index is 2.56. The zero-order valence-corrected chi connectivity index (χ0v) is 11.5. The molecule has 0 aliphatic rings. The zero-order chi connectivity index (χ0) is 13.4. The van der Waals surface area contributed by atoms with Crippen molar-refractivity contribution < 1.29 is 8.78 Å². The molecule has 18 heavy (non-hydrogen) atoms. The maximum Gasteiger partial charge on any atom is 0.145 e. The molecule has 2 rings (SSSR count). The average Bonchev–Trinajstić information content (AvgIpc) is 2.65. The van der Waals surface area contributed by atoms with Crippen molar-refractivity contribution in [3.8, 4) is 0 Å². The maximum absolute atomic E-state index is 13.9. The highest BCUT2D eigenvalue weighted by molar-refractivity contribution is 9.10. The number of aryl methyl sites for hydroxylation is 1. The van der Waals surface area contributed by atoms with Crippen LogP contribution in [-0.4, -0.2) is 9.78 Å². The van der Waals surface area contributed by atoms with Crippen LogP contribution in [0.3, 0.4) is 0 Å². The highest BCUT2D eigenvalue weighted by atomic mass is 79.9. The van der Waals surface area contributed by atoms with Crippen molar-refractivity contribution in [3.63, 3.8) is 0 Å². The second-order valence-corrected chi connectivity index (χ2v) is 4.90. The molecule has 3 nitrogen and oxygen atoms in total. The second-order valence-electron chi connectivity index (χ2n) is 4.04. The van der Waals surface area contributed by atoms with E-state index in [1.54, 1.807) is 18.7 Å². The molecule has 0 amide bonds. The molecule has 2 N–H and O–H groups in total. The molecule has 1 unspecified atom stereocenters. The molecule has 1 aromatic heterocycles. The quantitative estimate of drug-likeness (QED) is 0.866. The molecule has 0 radical (unpaired) electrons. The van der Waals surface area contributed by atoms with E-state index in [9.17, 15) is 8.78 Å². The van der Waals surface area contributed by atoms with E-state index < -0.39 is 17.7 Å². The number of nitrogens with zero attached hydrogens (tertiary/aromatic N) is 2. The second kappa shape index (κ2) is 4.78. The summed E-state index contributed by atoms with van der Waals surface area (Å²) in [6, 6.07) is 1.63. The number of halogens is 3. The molecule has 2 aromatic rings. The Kier molecular flexibility index (Phi) is 3.49. The normalized spacial score (nSPS) is 12.8. The van der Waals surface area contributed by atoms with Crippen LogP contribution in [0.5, 0.6) is 0 Å². The Hall–Kier alpha value is -1.27. The van der Waals surface area contributed by atoms with E-state index in [1.165, 1.54) is 18.3 Å². The lowest BCUT2D eigenvalue weighted by atomic mass is 9.99. The van der Waals surface area contributed by atoms with Gasteiger partial charge in [0, 0.05) is 23.9 Å². The van der Waals surface area contributed by atoms with Crippen LogP contribution in [-0.2, 0) is 7.05 Å². The van der Waals surface area contributed by atoms with Crippen molar-refractivity contribution in [1.29, 1.82) is 0 Å². The van der Waals surface area contributed by atoms with Gasteiger partial charge in [-0.1, -0.05) is 0 Å². The standard InChI is InChI=1S/C12H12BrF2N3/c1-6-7(5-17-18(6)2)12(16)10-9(14)4-3-8(13)11(10)15/h3-5,12H,16H2,1-2H3. The van der Waals surface area contributed by atoms with Crippen molar-refractivity contribution in [1.82, 2.24) is 9.78 Å². The monoisotopic (exact) mass is 315 g/mol. The molecule has 0 fully saturated rings. The highest BCUT2D eigenvalue weighted by Crippen LogP contribution is 2.30. The minimum absolute atomic E-state index is 0.152. The molecule has 0 saturated carbocycles. The fourth-order valence-electron chi connectivity index (χ4n) is 1.80. The Labute approximate surface area is 112 Å². The van der Waals surface area contributed by atoms with Crippen LogP contribution in [0.15, 0.2) is 22.8 Å². The van der Waals surface area contributed by atoms with Crippen molar-refractivity contribution in [2.24, 2.45) is 12.8 Å². The third kappa shape index (κ3) is 2.06. The number of rotatable bonds is 2. The van der Waals surface area contributed by atoms with Gasteiger partial charge in [-0.3, -0.25) is 4.68 Å². The van der Waals surface area contributed by atoms with E-state index in [2.05, 4.69) is 21.0 Å². The van der Waals surface area contributed by atoms with Gasteiger partial charge in [-0.15, -0.1) is 0 Å². The molecule has 96 valence electrons. The van der Waals surface area contributed by atoms with Crippen molar-refractivity contribution in [2.45, 2.75) is 13.0 Å². The predicted molar refractivity (Wildman–Crippen MR) is 68.0 cm³/mol. The molecule has 0 aliphatic heterocycles. The summed E-state index contributed by atoms with van der Waals surface area (Å²) in [5.74, 6) is -1.34. The zero-order valence-electron chi connectivity index (χ0n) is 9.92. The fraction of sp³-hybridized carbons (Fsp3) is 0.250. The molecule has 0 bridgehead atoms. The van der Waals surface area contributed by atoms with Gasteiger partial charge in [0.05, 0.1) is 16.7 Å². The topological polar surface area (TPSA) is 43.8 Å². The Morgan fingerprint density at radius 2 is 2.06 bits per heavy atom. The van der Waals surface area contributed by atoms with Gasteiger partial charge in [-0.2, -0.15) is 5.10 Å². The largest absolute Gasteiger partial charge is 0.320 e. The number of hydrogen-bond donors (Lipinski definition) is 1. The number of benzene rings is 1. The first-order valence-electron chi connectivity index (χ1n) is 5.31. The van der Waals surface area contributed by atoms with Gasteiger partial charge < -0.3 is 5.73 Å². The first-order chi connectivity index (χ1) is 8.43. The van der Waals surface area contributed by atoms with Gasteiger partial charge in [-0.25, -0.2) is 8.78 Å². The van der Waals surface area contributed by atoms with E-state index in [0.29, 0.717) is 5.56 Å². The van der Waals surface area contributed by atoms with E-state index in [4.69, 9.17) is 5.73 Å². The lowest BCUT2D eigenvalue weighted by molar-refractivity contribution is 0.538. The smallest absolute Gasteiger partial charge is 0.145 e. The lowest BCUT2D eigenvalue weighted by Crippen LogP contribution is -2.16. The minimum Gasteiger partial charge on any atom is -0.320 e. The summed E-state index contributed by atoms with van der Waals surface area (Å²) in [4.78, 5) is 0. The Morgan fingerprint density at radius 3 is 2.61 bits per heavy atom. The SMILES string of the molecule is Cc1c(C(N)c2c(F)ccc(Br)c2F)cnn1C. The fourth-order valence-corrected chi connectivity index (χ4v) is 2.15. The molecule has 1 aromatic carbocycles. The minimum atomic E-state index is -0.879. The summed E-state index contributed by atoms with van der Waals surface area (Å²) in [6.45, 7) is 1.80. The van der Waals surface area contributed by atoms with Crippen LogP contribution >= 0.6 is 15.9 Å². The summed E-state index contributed by atoms with van der Waals surface area (Å²) >= 11 is 3.03. The van der Waals surface area contributed by atoms with Gasteiger partial charge in [-0.05, 0) is 35.0 Å². The highest BCUT2D eigenvalue weighted by Gasteiger charge is 2.23. The molecule has 6 heteroatoms. The summed E-state index contributed by atoms with van der Waals surface area (Å²) in [7, 11) is 1.75. The summed E-state index contributed by atoms with van der Waals surface area (Å²) in [5.41, 5.74) is 7.18. The Bertz CT molecular complexity index is 595. The third-order valence-electron chi connectivity index (χ3n) is 3.00. The average molecular weight is 316 g/mol. The van der Waals surface area contributed by atoms with Gasteiger partial charge in [0.15, 0.2) is 0 Å². The van der Waals surface area contributed by atoms with E-state index in [0.717, 1.165) is 5.69 Å². The number of hydrogen-bond acceptors (Lipinski definition) is 2. The Morgan fingerprint density at radius 1 is 1.39 bits per heavy atom. The first kappa shape index (κ1) is 13.2. The lowest BCUT2D eigenvalue weighted by Gasteiger charge is -2.14. The molecule has 1 atom stereocenters. The summed E-state index contributed by atoms with van der Waals surface area (Å²) < 4.78 is 29.5. The number of nitrogens with two attached hydrogens (primary N) is 1. The molecule has 0 aliphatic carbocycles.